The van der Waals surface area contributed by atoms with Crippen LogP contribution in [0.25, 0.3) is 0 Å². The van der Waals surface area contributed by atoms with Crippen LogP contribution in [0.15, 0.2) is 0 Å². The molecule has 0 aliphatic carbocycles. The second-order valence-corrected chi connectivity index (χ2v) is 4.68. The van der Waals surface area contributed by atoms with E-state index in [1.165, 1.54) is 11.9 Å². The van der Waals surface area contributed by atoms with E-state index in [1.807, 2.05) is 0 Å². The Labute approximate surface area is 102 Å². The molecule has 0 aromatic rings. The number of urea groups is 1. The van der Waals surface area contributed by atoms with E-state index in [1.54, 1.807) is 11.9 Å². The van der Waals surface area contributed by atoms with Crippen LogP contribution in [0.2, 0.25) is 0 Å². The highest BCUT2D eigenvalue weighted by molar-refractivity contribution is 5.79. The first kappa shape index (κ1) is 13.8. The highest BCUT2D eigenvalue weighted by Crippen LogP contribution is 2.15. The fourth-order valence-electron chi connectivity index (χ4n) is 2.08. The van der Waals surface area contributed by atoms with E-state index < -0.39 is 5.97 Å². The molecule has 0 bridgehead atoms. The molecule has 1 aliphatic heterocycles. The molecule has 6 heteroatoms. The van der Waals surface area contributed by atoms with Crippen molar-refractivity contribution in [1.82, 2.24) is 14.7 Å². The van der Waals surface area contributed by atoms with E-state index in [0.717, 1.165) is 25.9 Å². The minimum Gasteiger partial charge on any atom is -0.480 e. The monoisotopic (exact) mass is 243 g/mol. The second-order valence-electron chi connectivity index (χ2n) is 4.68. The number of likely N-dealkylation sites (tertiary alicyclic amines) is 1. The lowest BCUT2D eigenvalue weighted by molar-refractivity contribution is -0.137. The first-order chi connectivity index (χ1) is 7.91. The number of rotatable bonds is 3. The molecule has 17 heavy (non-hydrogen) atoms. The van der Waals surface area contributed by atoms with E-state index in [9.17, 15) is 9.59 Å². The van der Waals surface area contributed by atoms with Crippen molar-refractivity contribution in [2.45, 2.75) is 18.9 Å². The second kappa shape index (κ2) is 5.86. The van der Waals surface area contributed by atoms with Gasteiger partial charge in [0.05, 0.1) is 0 Å². The molecule has 0 aromatic carbocycles. The van der Waals surface area contributed by atoms with Gasteiger partial charge in [-0.2, -0.15) is 0 Å². The van der Waals surface area contributed by atoms with Gasteiger partial charge in [0.15, 0.2) is 0 Å². The van der Waals surface area contributed by atoms with E-state index in [4.69, 9.17) is 5.11 Å². The molecule has 0 aromatic heterocycles. The number of hydrogen-bond donors (Lipinski definition) is 1. The third-order valence-electron chi connectivity index (χ3n) is 3.24. The number of carboxylic acids is 1. The van der Waals surface area contributed by atoms with Gasteiger partial charge in [-0.1, -0.05) is 0 Å². The summed E-state index contributed by atoms with van der Waals surface area (Å²) in [7, 11) is 5.33. The maximum atomic E-state index is 11.9. The number of carbonyl (C=O) groups is 2. The van der Waals surface area contributed by atoms with Crippen molar-refractivity contribution in [3.8, 4) is 0 Å². The summed E-state index contributed by atoms with van der Waals surface area (Å²) in [6.07, 6.45) is 1.89. The fourth-order valence-corrected chi connectivity index (χ4v) is 2.08. The minimum atomic E-state index is -0.988. The lowest BCUT2D eigenvalue weighted by Crippen LogP contribution is -2.49. The van der Waals surface area contributed by atoms with E-state index in [0.29, 0.717) is 0 Å². The Balaban J connectivity index is 2.48. The van der Waals surface area contributed by atoms with Gasteiger partial charge in [0, 0.05) is 20.1 Å². The third kappa shape index (κ3) is 3.89. The molecular weight excluding hydrogens is 222 g/mol. The Morgan fingerprint density at radius 1 is 1.29 bits per heavy atom. The minimum absolute atomic E-state index is 0.218. The number of nitrogens with zero attached hydrogens (tertiary/aromatic N) is 3. The van der Waals surface area contributed by atoms with Crippen LogP contribution in [0.1, 0.15) is 12.8 Å². The first-order valence-electron chi connectivity index (χ1n) is 5.80. The van der Waals surface area contributed by atoms with Crippen LogP contribution in [0.5, 0.6) is 0 Å². The lowest BCUT2D eigenvalue weighted by Gasteiger charge is -2.36. The third-order valence-corrected chi connectivity index (χ3v) is 3.24. The molecule has 2 amide bonds. The van der Waals surface area contributed by atoms with Gasteiger partial charge >= 0.3 is 12.0 Å². The quantitative estimate of drug-likeness (QED) is 0.766. The van der Waals surface area contributed by atoms with E-state index >= 15 is 0 Å². The van der Waals surface area contributed by atoms with Gasteiger partial charge in [0.1, 0.15) is 6.54 Å². The van der Waals surface area contributed by atoms with Crippen molar-refractivity contribution >= 4 is 12.0 Å². The van der Waals surface area contributed by atoms with Gasteiger partial charge < -0.3 is 19.8 Å². The number of hydrogen-bond acceptors (Lipinski definition) is 3. The number of likely N-dealkylation sites (N-methyl/N-ethyl adjacent to an activating group) is 1. The van der Waals surface area contributed by atoms with E-state index in [2.05, 4.69) is 11.9 Å². The summed E-state index contributed by atoms with van der Waals surface area (Å²) < 4.78 is 0. The Kier molecular flexibility index (Phi) is 4.74. The van der Waals surface area contributed by atoms with Gasteiger partial charge in [-0.3, -0.25) is 4.79 Å². The molecule has 1 heterocycles. The smallest absolute Gasteiger partial charge is 0.323 e. The van der Waals surface area contributed by atoms with Crippen LogP contribution >= 0.6 is 0 Å². The molecule has 1 aliphatic rings. The van der Waals surface area contributed by atoms with Crippen LogP contribution in [-0.2, 0) is 4.79 Å². The zero-order valence-electron chi connectivity index (χ0n) is 10.7. The molecule has 0 unspecified atom stereocenters. The molecule has 1 rings (SSSR count). The Morgan fingerprint density at radius 2 is 1.82 bits per heavy atom. The predicted molar refractivity (Wildman–Crippen MR) is 63.9 cm³/mol. The summed E-state index contributed by atoms with van der Waals surface area (Å²) in [6.45, 7) is 1.70. The largest absolute Gasteiger partial charge is 0.480 e. The Morgan fingerprint density at radius 3 is 2.29 bits per heavy atom. The molecule has 0 saturated carbocycles. The number of carbonyl (C=O) groups excluding carboxylic acids is 1. The van der Waals surface area contributed by atoms with Crippen LogP contribution < -0.4 is 0 Å². The average Bonchev–Trinajstić information content (AvgIpc) is 2.27. The van der Waals surface area contributed by atoms with Crippen molar-refractivity contribution in [2.24, 2.45) is 0 Å². The Bertz CT molecular complexity index is 288. The maximum absolute atomic E-state index is 11.9. The molecular formula is C11H21N3O3. The molecule has 98 valence electrons. The normalized spacial score (nSPS) is 17.8. The summed E-state index contributed by atoms with van der Waals surface area (Å²) in [5.41, 5.74) is 0. The number of carboxylic acid groups (broad SMARTS) is 1. The summed E-state index contributed by atoms with van der Waals surface area (Å²) in [5.74, 6) is -0.988. The molecule has 1 fully saturated rings. The topological polar surface area (TPSA) is 64.1 Å². The average molecular weight is 243 g/mol. The van der Waals surface area contributed by atoms with Crippen molar-refractivity contribution in [3.05, 3.63) is 0 Å². The summed E-state index contributed by atoms with van der Waals surface area (Å²) in [5, 5.41) is 8.64. The van der Waals surface area contributed by atoms with Crippen molar-refractivity contribution < 1.29 is 14.7 Å². The molecule has 0 atom stereocenters. The van der Waals surface area contributed by atoms with Crippen LogP contribution in [0, 0.1) is 0 Å². The molecule has 0 spiro atoms. The summed E-state index contributed by atoms with van der Waals surface area (Å²) >= 11 is 0. The zero-order valence-corrected chi connectivity index (χ0v) is 10.7. The van der Waals surface area contributed by atoms with Crippen LogP contribution in [0.3, 0.4) is 0 Å². The summed E-state index contributed by atoms with van der Waals surface area (Å²) in [4.78, 5) is 27.6. The number of amides is 2. The zero-order chi connectivity index (χ0) is 13.0. The molecule has 1 N–H and O–H groups in total. The van der Waals surface area contributed by atoms with Crippen LogP contribution in [-0.4, -0.2) is 78.6 Å². The standard InChI is InChI=1S/C11H21N3O3/c1-12-6-4-9(5-7-12)14(3)11(17)13(2)8-10(15)16/h9H,4-8H2,1-3H3,(H,15,16). The number of piperidine rings is 1. The molecule has 6 nitrogen and oxygen atoms in total. The van der Waals surface area contributed by atoms with Crippen molar-refractivity contribution in [1.29, 1.82) is 0 Å². The number of aliphatic carboxylic acids is 1. The predicted octanol–water partition coefficient (Wildman–Crippen LogP) is 0.149. The van der Waals surface area contributed by atoms with Gasteiger partial charge in [-0.05, 0) is 33.0 Å². The SMILES string of the molecule is CN1CCC(N(C)C(=O)N(C)CC(=O)O)CC1. The first-order valence-corrected chi connectivity index (χ1v) is 5.80. The van der Waals surface area contributed by atoms with Gasteiger partial charge in [0.2, 0.25) is 0 Å². The highest BCUT2D eigenvalue weighted by atomic mass is 16.4. The van der Waals surface area contributed by atoms with Crippen LogP contribution in [0.4, 0.5) is 4.79 Å². The summed E-state index contributed by atoms with van der Waals surface area (Å²) in [6, 6.07) is -0.00287. The van der Waals surface area contributed by atoms with Gasteiger partial charge in [-0.15, -0.1) is 0 Å². The van der Waals surface area contributed by atoms with Crippen molar-refractivity contribution in [3.63, 3.8) is 0 Å². The van der Waals surface area contributed by atoms with Gasteiger partial charge in [0.25, 0.3) is 0 Å². The highest BCUT2D eigenvalue weighted by Gasteiger charge is 2.26. The van der Waals surface area contributed by atoms with Gasteiger partial charge in [-0.25, -0.2) is 4.79 Å². The fraction of sp³-hybridized carbons (Fsp3) is 0.818. The van der Waals surface area contributed by atoms with Crippen molar-refractivity contribution in [2.75, 3.05) is 40.8 Å². The van der Waals surface area contributed by atoms with E-state index in [-0.39, 0.29) is 18.6 Å². The molecule has 0 radical (unpaired) electrons. The molecule has 1 saturated heterocycles. The maximum Gasteiger partial charge on any atom is 0.323 e. The Hall–Kier alpha value is -1.30. The lowest BCUT2D eigenvalue weighted by atomic mass is 10.0.